The van der Waals surface area contributed by atoms with Crippen molar-refractivity contribution in [2.75, 3.05) is 30.8 Å². The zero-order chi connectivity index (χ0) is 14.6. The summed E-state index contributed by atoms with van der Waals surface area (Å²) in [6, 6.07) is 3.75. The summed E-state index contributed by atoms with van der Waals surface area (Å²) in [7, 11) is -3.25. The Morgan fingerprint density at radius 1 is 1.50 bits per heavy atom. The second-order valence-electron chi connectivity index (χ2n) is 5.34. The van der Waals surface area contributed by atoms with Gasteiger partial charge in [-0.25, -0.2) is 13.4 Å². The minimum Gasteiger partial charge on any atom is -0.354 e. The van der Waals surface area contributed by atoms with E-state index in [4.69, 9.17) is 0 Å². The van der Waals surface area contributed by atoms with Gasteiger partial charge in [0.05, 0.1) is 0 Å². The summed E-state index contributed by atoms with van der Waals surface area (Å²) in [4.78, 5) is 6.75. The molecular formula is C14H23N3O2S. The van der Waals surface area contributed by atoms with Crippen LogP contribution in [0.3, 0.4) is 0 Å². The van der Waals surface area contributed by atoms with Crippen LogP contribution in [0.5, 0.6) is 0 Å². The van der Waals surface area contributed by atoms with Crippen LogP contribution in [0.25, 0.3) is 0 Å². The van der Waals surface area contributed by atoms with Gasteiger partial charge in [0, 0.05) is 31.6 Å². The van der Waals surface area contributed by atoms with Crippen molar-refractivity contribution in [1.29, 1.82) is 0 Å². The lowest BCUT2D eigenvalue weighted by Gasteiger charge is -2.27. The molecule has 1 unspecified atom stereocenters. The van der Waals surface area contributed by atoms with E-state index in [9.17, 15) is 8.42 Å². The number of nitrogens with zero attached hydrogens (tertiary/aromatic N) is 2. The van der Waals surface area contributed by atoms with Crippen LogP contribution < -0.4 is 10.2 Å². The summed E-state index contributed by atoms with van der Waals surface area (Å²) in [5.74, 6) is 0.588. The summed E-state index contributed by atoms with van der Waals surface area (Å²) in [5.41, 5.74) is 0. The number of aromatic nitrogens is 1. The lowest BCUT2D eigenvalue weighted by atomic mass is 10.2. The lowest BCUT2D eigenvalue weighted by Crippen LogP contribution is -2.39. The highest BCUT2D eigenvalue weighted by molar-refractivity contribution is 7.90. The van der Waals surface area contributed by atoms with E-state index in [0.29, 0.717) is 16.8 Å². The summed E-state index contributed by atoms with van der Waals surface area (Å²) in [5, 5.41) is 3.45. The Morgan fingerprint density at radius 2 is 2.30 bits per heavy atom. The second-order valence-corrected chi connectivity index (χ2v) is 7.32. The molecule has 1 N–H and O–H groups in total. The average Bonchev–Trinajstić information content (AvgIpc) is 2.90. The third kappa shape index (κ3) is 3.70. The Hall–Kier alpha value is -1.14. The van der Waals surface area contributed by atoms with E-state index in [2.05, 4.69) is 22.1 Å². The van der Waals surface area contributed by atoms with Crippen molar-refractivity contribution in [1.82, 2.24) is 10.3 Å². The van der Waals surface area contributed by atoms with Crippen LogP contribution in [0.15, 0.2) is 23.2 Å². The molecule has 5 nitrogen and oxygen atoms in total. The number of hydrogen-bond acceptors (Lipinski definition) is 5. The summed E-state index contributed by atoms with van der Waals surface area (Å²) < 4.78 is 23.8. The fourth-order valence-corrected chi connectivity index (χ4v) is 3.48. The van der Waals surface area contributed by atoms with E-state index in [1.54, 1.807) is 18.3 Å². The minimum atomic E-state index is -3.25. The minimum absolute atomic E-state index is 0.325. The van der Waals surface area contributed by atoms with E-state index in [1.165, 1.54) is 12.7 Å². The van der Waals surface area contributed by atoms with E-state index in [1.807, 2.05) is 0 Å². The van der Waals surface area contributed by atoms with E-state index < -0.39 is 9.84 Å². The van der Waals surface area contributed by atoms with Crippen LogP contribution in [0.1, 0.15) is 26.2 Å². The Labute approximate surface area is 121 Å². The number of hydrogen-bond donors (Lipinski definition) is 1. The van der Waals surface area contributed by atoms with E-state index >= 15 is 0 Å². The average molecular weight is 297 g/mol. The maximum absolute atomic E-state index is 11.9. The molecule has 0 saturated carbocycles. The van der Waals surface area contributed by atoms with Crippen LogP contribution in [0.2, 0.25) is 0 Å². The molecule has 0 aromatic carbocycles. The van der Waals surface area contributed by atoms with Crippen molar-refractivity contribution in [2.24, 2.45) is 0 Å². The third-order valence-corrected chi connectivity index (χ3v) is 4.66. The Morgan fingerprint density at radius 3 is 2.90 bits per heavy atom. The molecule has 0 amide bonds. The molecule has 0 bridgehead atoms. The first-order valence-electron chi connectivity index (χ1n) is 7.15. The first-order valence-corrected chi connectivity index (χ1v) is 9.05. The number of anilines is 1. The maximum atomic E-state index is 11.9. The molecule has 1 aromatic rings. The van der Waals surface area contributed by atoms with Gasteiger partial charge in [-0.05, 0) is 37.9 Å². The first kappa shape index (κ1) is 15.3. The largest absolute Gasteiger partial charge is 0.354 e. The molecule has 20 heavy (non-hydrogen) atoms. The smallest absolute Gasteiger partial charge is 0.179 e. The zero-order valence-electron chi connectivity index (χ0n) is 12.2. The molecule has 2 rings (SSSR count). The van der Waals surface area contributed by atoms with Gasteiger partial charge in [0.2, 0.25) is 0 Å². The Kier molecular flexibility index (Phi) is 4.99. The van der Waals surface area contributed by atoms with Crippen molar-refractivity contribution in [3.63, 3.8) is 0 Å². The molecular weight excluding hydrogens is 274 g/mol. The van der Waals surface area contributed by atoms with Gasteiger partial charge < -0.3 is 10.2 Å². The lowest BCUT2D eigenvalue weighted by molar-refractivity contribution is 0.570. The molecule has 1 aromatic heterocycles. The highest BCUT2D eigenvalue weighted by Gasteiger charge is 2.23. The highest BCUT2D eigenvalue weighted by atomic mass is 32.2. The zero-order valence-corrected chi connectivity index (χ0v) is 13.0. The molecule has 6 heteroatoms. The van der Waals surface area contributed by atoms with Crippen LogP contribution in [0, 0.1) is 0 Å². The standard InChI is InChI=1S/C14H23N3O2S/c1-3-10-17(11-12-6-4-8-15-12)14-13(20(2,18)19)7-5-9-16-14/h5,7,9,12,15H,3-4,6,8,10-11H2,1-2H3. The van der Waals surface area contributed by atoms with Gasteiger partial charge in [0.15, 0.2) is 9.84 Å². The quantitative estimate of drug-likeness (QED) is 0.861. The molecule has 0 aliphatic carbocycles. The number of rotatable bonds is 6. The van der Waals surface area contributed by atoms with Gasteiger partial charge in [-0.15, -0.1) is 0 Å². The summed E-state index contributed by atoms with van der Waals surface area (Å²) in [6.07, 6.45) is 6.19. The topological polar surface area (TPSA) is 62.3 Å². The molecule has 112 valence electrons. The van der Waals surface area contributed by atoms with Gasteiger partial charge in [0.25, 0.3) is 0 Å². The van der Waals surface area contributed by atoms with E-state index in [0.717, 1.165) is 32.5 Å². The van der Waals surface area contributed by atoms with Gasteiger partial charge in [-0.2, -0.15) is 0 Å². The summed E-state index contributed by atoms with van der Waals surface area (Å²) in [6.45, 7) is 4.77. The first-order chi connectivity index (χ1) is 9.52. The fourth-order valence-electron chi connectivity index (χ4n) is 2.64. The van der Waals surface area contributed by atoms with Crippen LogP contribution >= 0.6 is 0 Å². The summed E-state index contributed by atoms with van der Waals surface area (Å²) >= 11 is 0. The number of nitrogens with one attached hydrogen (secondary N) is 1. The van der Waals surface area contributed by atoms with Crippen molar-refractivity contribution in [3.05, 3.63) is 18.3 Å². The molecule has 1 aliphatic rings. The third-order valence-electron chi connectivity index (χ3n) is 3.55. The molecule has 2 heterocycles. The van der Waals surface area contributed by atoms with Crippen LogP contribution in [-0.4, -0.2) is 45.3 Å². The van der Waals surface area contributed by atoms with E-state index in [-0.39, 0.29) is 0 Å². The van der Waals surface area contributed by atoms with Gasteiger partial charge in [-0.1, -0.05) is 6.92 Å². The van der Waals surface area contributed by atoms with Crippen LogP contribution in [0.4, 0.5) is 5.82 Å². The Balaban J connectivity index is 2.28. The number of sulfone groups is 1. The van der Waals surface area contributed by atoms with Gasteiger partial charge in [-0.3, -0.25) is 0 Å². The highest BCUT2D eigenvalue weighted by Crippen LogP contribution is 2.23. The fraction of sp³-hybridized carbons (Fsp3) is 0.643. The van der Waals surface area contributed by atoms with Crippen molar-refractivity contribution < 1.29 is 8.42 Å². The predicted molar refractivity (Wildman–Crippen MR) is 80.9 cm³/mol. The monoisotopic (exact) mass is 297 g/mol. The molecule has 0 radical (unpaired) electrons. The molecule has 1 aliphatic heterocycles. The Bertz CT molecular complexity index is 539. The molecule has 1 fully saturated rings. The van der Waals surface area contributed by atoms with Gasteiger partial charge in [0.1, 0.15) is 10.7 Å². The molecule has 1 atom stereocenters. The van der Waals surface area contributed by atoms with Crippen LogP contribution in [-0.2, 0) is 9.84 Å². The normalized spacial score (nSPS) is 19.2. The number of pyridine rings is 1. The molecule has 0 spiro atoms. The molecule has 1 saturated heterocycles. The van der Waals surface area contributed by atoms with Crippen molar-refractivity contribution in [3.8, 4) is 0 Å². The maximum Gasteiger partial charge on any atom is 0.179 e. The van der Waals surface area contributed by atoms with Crippen molar-refractivity contribution in [2.45, 2.75) is 37.1 Å². The SMILES string of the molecule is CCCN(CC1CCCN1)c1ncccc1S(C)(=O)=O. The van der Waals surface area contributed by atoms with Gasteiger partial charge >= 0.3 is 0 Å². The predicted octanol–water partition coefficient (Wildman–Crippen LogP) is 1.45. The second kappa shape index (κ2) is 6.54. The van der Waals surface area contributed by atoms with Crippen molar-refractivity contribution >= 4 is 15.7 Å².